The van der Waals surface area contributed by atoms with Gasteiger partial charge in [0.15, 0.2) is 0 Å². The lowest BCUT2D eigenvalue weighted by Gasteiger charge is -2.26. The molecular formula is C24H16Cl3NO5. The van der Waals surface area contributed by atoms with Crippen LogP contribution in [0.15, 0.2) is 66.2 Å². The molecule has 1 amide bonds. The Hall–Kier alpha value is -3.19. The average molecular weight is 505 g/mol. The van der Waals surface area contributed by atoms with Gasteiger partial charge < -0.3 is 14.9 Å². The second kappa shape index (κ2) is 8.98. The van der Waals surface area contributed by atoms with Crippen molar-refractivity contribution in [1.29, 1.82) is 0 Å². The first-order valence-electron chi connectivity index (χ1n) is 9.61. The van der Waals surface area contributed by atoms with Crippen LogP contribution in [0.5, 0.6) is 11.5 Å². The van der Waals surface area contributed by atoms with E-state index in [1.165, 1.54) is 42.3 Å². The smallest absolute Gasteiger partial charge is 0.300 e. The molecule has 1 aliphatic heterocycles. The van der Waals surface area contributed by atoms with Gasteiger partial charge in [0.2, 0.25) is 0 Å². The van der Waals surface area contributed by atoms with Gasteiger partial charge in [-0.1, -0.05) is 40.9 Å². The Bertz CT molecular complexity index is 1300. The number of carbonyl (C=O) groups excluding carboxylic acids is 2. The Morgan fingerprint density at radius 1 is 0.939 bits per heavy atom. The van der Waals surface area contributed by atoms with E-state index >= 15 is 0 Å². The summed E-state index contributed by atoms with van der Waals surface area (Å²) in [6.45, 7) is 0. The van der Waals surface area contributed by atoms with Gasteiger partial charge in [0.25, 0.3) is 11.7 Å². The summed E-state index contributed by atoms with van der Waals surface area (Å²) in [4.78, 5) is 27.6. The molecule has 33 heavy (non-hydrogen) atoms. The lowest BCUT2D eigenvalue weighted by Crippen LogP contribution is -2.29. The number of rotatable bonds is 4. The van der Waals surface area contributed by atoms with Gasteiger partial charge in [-0.05, 0) is 60.2 Å². The molecule has 1 saturated heterocycles. The molecule has 0 saturated carbocycles. The Kier molecular flexibility index (Phi) is 6.26. The minimum atomic E-state index is -1.05. The number of anilines is 1. The van der Waals surface area contributed by atoms with Crippen molar-refractivity contribution in [3.05, 3.63) is 92.4 Å². The van der Waals surface area contributed by atoms with Crippen LogP contribution in [0.1, 0.15) is 17.2 Å². The van der Waals surface area contributed by atoms with Crippen molar-refractivity contribution < 1.29 is 24.5 Å². The van der Waals surface area contributed by atoms with Gasteiger partial charge >= 0.3 is 0 Å². The number of methoxy groups -OCH3 is 1. The van der Waals surface area contributed by atoms with E-state index in [0.717, 1.165) is 0 Å². The quantitative estimate of drug-likeness (QED) is 0.259. The van der Waals surface area contributed by atoms with Crippen molar-refractivity contribution in [1.82, 2.24) is 0 Å². The molecule has 0 bridgehead atoms. The van der Waals surface area contributed by atoms with E-state index in [9.17, 15) is 19.8 Å². The number of aromatic hydroxyl groups is 1. The number of nitrogens with zero attached hydrogens (tertiary/aromatic N) is 1. The number of ether oxygens (including phenoxy) is 1. The van der Waals surface area contributed by atoms with Gasteiger partial charge in [-0.15, -0.1) is 0 Å². The predicted octanol–water partition coefficient (Wildman–Crippen LogP) is 5.99. The maximum Gasteiger partial charge on any atom is 0.300 e. The summed E-state index contributed by atoms with van der Waals surface area (Å²) in [5.41, 5.74) is 0.714. The van der Waals surface area contributed by atoms with Crippen LogP contribution in [-0.4, -0.2) is 29.0 Å². The standard InChI is InChI=1S/C24H16Cl3NO5/c1-33-15-7-8-17(26)16(11-15)22(30)20-21(12-2-9-19(29)18(27)10-12)28(24(32)23(20)31)14-5-3-13(25)4-6-14/h2-11,21,29-30H,1H3/b22-20+. The van der Waals surface area contributed by atoms with Crippen LogP contribution in [0, 0.1) is 0 Å². The van der Waals surface area contributed by atoms with Gasteiger partial charge in [0.1, 0.15) is 17.3 Å². The number of amides is 1. The minimum Gasteiger partial charge on any atom is -0.507 e. The van der Waals surface area contributed by atoms with E-state index in [4.69, 9.17) is 39.5 Å². The first-order chi connectivity index (χ1) is 15.7. The molecule has 1 unspecified atom stereocenters. The Balaban J connectivity index is 1.99. The molecule has 0 aromatic heterocycles. The number of hydrogen-bond donors (Lipinski definition) is 2. The highest BCUT2D eigenvalue weighted by molar-refractivity contribution is 6.52. The fraction of sp³-hybridized carbons (Fsp3) is 0.0833. The third-order valence-corrected chi connectivity index (χ3v) is 6.15. The molecular weight excluding hydrogens is 489 g/mol. The van der Waals surface area contributed by atoms with Gasteiger partial charge in [0.05, 0.1) is 28.8 Å². The lowest BCUT2D eigenvalue weighted by molar-refractivity contribution is -0.132. The van der Waals surface area contributed by atoms with Crippen molar-refractivity contribution in [2.24, 2.45) is 0 Å². The molecule has 0 aliphatic carbocycles. The Labute approximate surface area is 204 Å². The molecule has 9 heteroatoms. The molecule has 1 fully saturated rings. The fourth-order valence-corrected chi connectivity index (χ4v) is 4.19. The molecule has 3 aromatic rings. The second-order valence-electron chi connectivity index (χ2n) is 7.20. The van der Waals surface area contributed by atoms with Crippen LogP contribution in [0.2, 0.25) is 15.1 Å². The summed E-state index contributed by atoms with van der Waals surface area (Å²) >= 11 is 18.4. The molecule has 1 aliphatic rings. The van der Waals surface area contributed by atoms with E-state index in [-0.39, 0.29) is 26.9 Å². The number of aliphatic hydroxyl groups excluding tert-OH is 1. The highest BCUT2D eigenvalue weighted by Crippen LogP contribution is 2.44. The summed E-state index contributed by atoms with van der Waals surface area (Å²) in [6, 6.07) is 14.1. The number of aliphatic hydroxyl groups is 1. The van der Waals surface area contributed by atoms with Crippen LogP contribution in [-0.2, 0) is 9.59 Å². The first-order valence-corrected chi connectivity index (χ1v) is 10.7. The Morgan fingerprint density at radius 2 is 1.64 bits per heavy atom. The van der Waals surface area contributed by atoms with Gasteiger partial charge in [0, 0.05) is 16.3 Å². The Morgan fingerprint density at radius 3 is 2.27 bits per heavy atom. The van der Waals surface area contributed by atoms with Crippen molar-refractivity contribution in [3.8, 4) is 11.5 Å². The third-order valence-electron chi connectivity index (χ3n) is 5.27. The summed E-state index contributed by atoms with van der Waals surface area (Å²) in [7, 11) is 1.45. The number of benzene rings is 3. The largest absolute Gasteiger partial charge is 0.507 e. The number of phenols is 1. The molecule has 1 atom stereocenters. The first kappa shape index (κ1) is 23.0. The van der Waals surface area contributed by atoms with Crippen LogP contribution in [0.4, 0.5) is 5.69 Å². The average Bonchev–Trinajstić information content (AvgIpc) is 3.07. The van der Waals surface area contributed by atoms with Crippen molar-refractivity contribution in [3.63, 3.8) is 0 Å². The zero-order valence-corrected chi connectivity index (χ0v) is 19.3. The molecule has 6 nitrogen and oxygen atoms in total. The van der Waals surface area contributed by atoms with Crippen molar-refractivity contribution in [2.75, 3.05) is 12.0 Å². The maximum absolute atomic E-state index is 13.2. The normalized spacial score (nSPS) is 17.5. The van der Waals surface area contributed by atoms with E-state index in [0.29, 0.717) is 22.0 Å². The SMILES string of the molecule is COc1ccc(Cl)c(/C(O)=C2\C(=O)C(=O)N(c3ccc(Cl)cc3)C2c2ccc(O)c(Cl)c2)c1. The van der Waals surface area contributed by atoms with Crippen LogP contribution >= 0.6 is 34.8 Å². The molecule has 2 N–H and O–H groups in total. The van der Waals surface area contributed by atoms with E-state index in [1.54, 1.807) is 30.3 Å². The zero-order chi connectivity index (χ0) is 23.9. The number of phenolic OH excluding ortho intramolecular Hbond substituents is 1. The third kappa shape index (κ3) is 4.13. The van der Waals surface area contributed by atoms with Gasteiger partial charge in [-0.25, -0.2) is 0 Å². The molecule has 0 radical (unpaired) electrons. The maximum atomic E-state index is 13.2. The molecule has 0 spiro atoms. The lowest BCUT2D eigenvalue weighted by atomic mass is 9.95. The number of carbonyl (C=O) groups is 2. The van der Waals surface area contributed by atoms with Crippen molar-refractivity contribution >= 4 is 57.9 Å². The van der Waals surface area contributed by atoms with Crippen LogP contribution in [0.3, 0.4) is 0 Å². The molecule has 4 rings (SSSR count). The van der Waals surface area contributed by atoms with Crippen molar-refractivity contribution in [2.45, 2.75) is 6.04 Å². The second-order valence-corrected chi connectivity index (χ2v) is 8.45. The van der Waals surface area contributed by atoms with Crippen LogP contribution < -0.4 is 9.64 Å². The summed E-state index contributed by atoms with van der Waals surface area (Å²) < 4.78 is 5.20. The zero-order valence-electron chi connectivity index (χ0n) is 17.1. The summed E-state index contributed by atoms with van der Waals surface area (Å²) in [5, 5.41) is 21.7. The summed E-state index contributed by atoms with van der Waals surface area (Å²) in [5.74, 6) is -2.00. The fourth-order valence-electron chi connectivity index (χ4n) is 3.67. The minimum absolute atomic E-state index is 0.0219. The van der Waals surface area contributed by atoms with Crippen LogP contribution in [0.25, 0.3) is 5.76 Å². The van der Waals surface area contributed by atoms with Gasteiger partial charge in [-0.2, -0.15) is 0 Å². The molecule has 168 valence electrons. The number of Topliss-reactive ketones (excluding diaryl/α,β-unsaturated/α-hetero) is 1. The summed E-state index contributed by atoms with van der Waals surface area (Å²) in [6.07, 6.45) is 0. The molecule has 1 heterocycles. The van der Waals surface area contributed by atoms with E-state index < -0.39 is 23.5 Å². The number of halogens is 3. The van der Waals surface area contributed by atoms with E-state index in [1.807, 2.05) is 0 Å². The highest BCUT2D eigenvalue weighted by Gasteiger charge is 2.47. The topological polar surface area (TPSA) is 87.1 Å². The predicted molar refractivity (Wildman–Crippen MR) is 127 cm³/mol. The monoisotopic (exact) mass is 503 g/mol. The van der Waals surface area contributed by atoms with E-state index in [2.05, 4.69) is 0 Å². The molecule has 3 aromatic carbocycles. The van der Waals surface area contributed by atoms with Gasteiger partial charge in [-0.3, -0.25) is 14.5 Å². The number of hydrogen-bond acceptors (Lipinski definition) is 5. The number of ketones is 1. The highest BCUT2D eigenvalue weighted by atomic mass is 35.5.